The molecular weight excluding hydrogens is 1010 g/mol. The Labute approximate surface area is 393 Å². The number of piperidine rings is 1. The highest BCUT2D eigenvalue weighted by molar-refractivity contribution is 7.86. The van der Waals surface area contributed by atoms with Crippen molar-refractivity contribution in [3.8, 4) is 23.0 Å². The van der Waals surface area contributed by atoms with Gasteiger partial charge < -0.3 is 29.7 Å². The van der Waals surface area contributed by atoms with Crippen molar-refractivity contribution in [2.75, 3.05) is 38.2 Å². The molecule has 0 amide bonds. The van der Waals surface area contributed by atoms with E-state index in [1.54, 1.807) is 18.3 Å². The Balaban J connectivity index is 0.000000364. The van der Waals surface area contributed by atoms with Crippen LogP contribution in [0.5, 0.6) is 11.8 Å². The number of alkyl halides is 9. The predicted octanol–water partition coefficient (Wildman–Crippen LogP) is 8.96. The number of carbonyl (C=O) groups is 3. The summed E-state index contributed by atoms with van der Waals surface area (Å²) in [6.45, 7) is 2.42. The highest BCUT2D eigenvalue weighted by Crippen LogP contribution is 2.41. The zero-order valence-electron chi connectivity index (χ0n) is 35.7. The molecule has 2 unspecified atom stereocenters. The van der Waals surface area contributed by atoms with Crippen molar-refractivity contribution in [1.29, 1.82) is 0 Å². The molecule has 3 aromatic carbocycles. The van der Waals surface area contributed by atoms with E-state index in [1.807, 2.05) is 37.4 Å². The number of hydrogen-bond donors (Lipinski definition) is 3. The van der Waals surface area contributed by atoms with Gasteiger partial charge in [0.1, 0.15) is 40.4 Å². The van der Waals surface area contributed by atoms with E-state index in [0.29, 0.717) is 46.6 Å². The van der Waals surface area contributed by atoms with Gasteiger partial charge in [-0.05, 0) is 61.7 Å². The van der Waals surface area contributed by atoms with Crippen molar-refractivity contribution >= 4 is 67.2 Å². The number of anilines is 1. The van der Waals surface area contributed by atoms with Crippen molar-refractivity contribution in [2.24, 2.45) is 11.8 Å². The van der Waals surface area contributed by atoms with Crippen LogP contribution >= 0.6 is 11.6 Å². The maximum absolute atomic E-state index is 16.7. The van der Waals surface area contributed by atoms with E-state index < -0.39 is 57.4 Å². The summed E-state index contributed by atoms with van der Waals surface area (Å²) in [4.78, 5) is 44.7. The van der Waals surface area contributed by atoms with E-state index in [-0.39, 0.29) is 41.7 Å². The zero-order chi connectivity index (χ0) is 52.1. The Hall–Kier alpha value is -6.35. The van der Waals surface area contributed by atoms with E-state index in [9.17, 15) is 51.8 Å². The van der Waals surface area contributed by atoms with Gasteiger partial charge in [-0.1, -0.05) is 48.0 Å². The van der Waals surface area contributed by atoms with Crippen molar-refractivity contribution in [3.05, 3.63) is 77.7 Å². The number of ether oxygens (including phenoxy) is 2. The Morgan fingerprint density at radius 1 is 0.800 bits per heavy atom. The highest BCUT2D eigenvalue weighted by Gasteiger charge is 2.40. The van der Waals surface area contributed by atoms with Gasteiger partial charge in [0.25, 0.3) is 0 Å². The van der Waals surface area contributed by atoms with Crippen LogP contribution in [0.3, 0.4) is 0 Å². The van der Waals surface area contributed by atoms with Crippen molar-refractivity contribution < 1.29 is 95.4 Å². The number of aliphatic carboxylic acids is 3. The van der Waals surface area contributed by atoms with Crippen LogP contribution in [0.4, 0.5) is 53.6 Å². The van der Waals surface area contributed by atoms with Crippen molar-refractivity contribution in [1.82, 2.24) is 19.9 Å². The summed E-state index contributed by atoms with van der Waals surface area (Å²) in [7, 11) is -2.91. The third-order valence-corrected chi connectivity index (χ3v) is 12.0. The summed E-state index contributed by atoms with van der Waals surface area (Å²) in [5.74, 6) is -6.82. The number of pyridine rings is 1. The van der Waals surface area contributed by atoms with Crippen LogP contribution in [0.25, 0.3) is 32.9 Å². The average Bonchev–Trinajstić information content (AvgIpc) is 3.80. The summed E-state index contributed by atoms with van der Waals surface area (Å²) < 4.78 is 160. The molecule has 70 heavy (non-hydrogen) atoms. The lowest BCUT2D eigenvalue weighted by atomic mass is 9.98. The van der Waals surface area contributed by atoms with Crippen molar-refractivity contribution in [2.45, 2.75) is 61.3 Å². The van der Waals surface area contributed by atoms with Gasteiger partial charge in [-0.15, -0.1) is 3.89 Å². The van der Waals surface area contributed by atoms with E-state index >= 15 is 4.39 Å². The summed E-state index contributed by atoms with van der Waals surface area (Å²) >= 11 is 6.61. The van der Waals surface area contributed by atoms with E-state index in [4.69, 9.17) is 55.8 Å². The second-order valence-electron chi connectivity index (χ2n) is 15.8. The number of likely N-dealkylation sites (tertiary alicyclic amines) is 1. The minimum Gasteiger partial charge on any atom is -0.489 e. The number of fused-ring (bicyclic) bond motifs is 4. The lowest BCUT2D eigenvalue weighted by Gasteiger charge is -2.33. The first kappa shape index (κ1) is 54.6. The van der Waals surface area contributed by atoms with Crippen LogP contribution in [0.1, 0.15) is 25.7 Å². The maximum atomic E-state index is 16.7. The first-order chi connectivity index (χ1) is 32.4. The number of carboxylic acids is 3. The third kappa shape index (κ3) is 14.1. The molecule has 15 nitrogen and oxygen atoms in total. The largest absolute Gasteiger partial charge is 0.490 e. The van der Waals surface area contributed by atoms with Crippen LogP contribution in [-0.2, 0) is 24.6 Å². The van der Waals surface area contributed by atoms with Gasteiger partial charge in [0.05, 0.1) is 5.39 Å². The van der Waals surface area contributed by atoms with Crippen LogP contribution < -0.4 is 14.4 Å². The Kier molecular flexibility index (Phi) is 17.0. The number of rotatable bonds is 8. The molecule has 2 aliphatic heterocycles. The Morgan fingerprint density at radius 3 is 1.89 bits per heavy atom. The molecule has 3 N–H and O–H groups in total. The number of hydrogen-bond acceptors (Lipinski definition) is 12. The standard InChI is InChI=1S/C36H34ClF2N5O4S.3C2HF3O2/c1-43-19-26(48-25-7-4-8-27(15-25)49(39,45)46)14-24(43)20-47-36-41-34-29(35(42-36)44-17-21-11-12-22(13-21)18-44)16-40-33(32(34)38)28-9-2-5-23-6-3-10-30(37)31(23)28;3*3-2(4,5)1(6)7/h2-10,15-16,21-22,24,26H,11-14,17-20H2,1H3;3*(H,6,7)/t21?,22?,24-,26+;;;/m0.../s1. The molecule has 3 fully saturated rings. The molecule has 4 atom stereocenters. The van der Waals surface area contributed by atoms with Gasteiger partial charge in [-0.3, -0.25) is 9.88 Å². The number of benzene rings is 3. The van der Waals surface area contributed by atoms with Crippen LogP contribution in [0.15, 0.2) is 71.8 Å². The van der Waals surface area contributed by atoms with E-state index in [2.05, 4.69) is 19.8 Å². The molecule has 4 heterocycles. The van der Waals surface area contributed by atoms with Gasteiger partial charge in [-0.2, -0.15) is 57.9 Å². The molecule has 2 saturated heterocycles. The van der Waals surface area contributed by atoms with Gasteiger partial charge in [0.2, 0.25) is 0 Å². The maximum Gasteiger partial charge on any atom is 0.490 e. The molecule has 1 aliphatic carbocycles. The van der Waals surface area contributed by atoms with E-state index in [1.165, 1.54) is 37.5 Å². The van der Waals surface area contributed by atoms with Gasteiger partial charge in [-0.25, -0.2) is 18.8 Å². The summed E-state index contributed by atoms with van der Waals surface area (Å²) in [6.07, 6.45) is -9.76. The fraction of sp³-hybridized carbons (Fsp3) is 0.381. The lowest BCUT2D eigenvalue weighted by molar-refractivity contribution is -0.193. The molecule has 0 spiro atoms. The van der Waals surface area contributed by atoms with Crippen LogP contribution in [-0.4, -0.2) is 125 Å². The predicted molar refractivity (Wildman–Crippen MR) is 225 cm³/mol. The lowest BCUT2D eigenvalue weighted by Crippen LogP contribution is -2.37. The molecule has 1 saturated carbocycles. The van der Waals surface area contributed by atoms with Gasteiger partial charge in [0, 0.05) is 60.3 Å². The third-order valence-electron chi connectivity index (χ3n) is 10.8. The minimum atomic E-state index is -5.08. The van der Waals surface area contributed by atoms with Crippen molar-refractivity contribution in [3.63, 3.8) is 0 Å². The first-order valence-corrected chi connectivity index (χ1v) is 21.9. The Bertz CT molecular complexity index is 2770. The first-order valence-electron chi connectivity index (χ1n) is 20.2. The molecule has 2 aromatic heterocycles. The number of carboxylic acid groups (broad SMARTS) is 3. The molecular formula is C42H37ClF11N5O10S. The highest BCUT2D eigenvalue weighted by atomic mass is 35.5. The Morgan fingerprint density at radius 2 is 1.34 bits per heavy atom. The minimum absolute atomic E-state index is 0.0750. The molecule has 8 rings (SSSR count). The molecule has 380 valence electrons. The zero-order valence-corrected chi connectivity index (χ0v) is 37.3. The van der Waals surface area contributed by atoms with Gasteiger partial charge >= 0.3 is 52.7 Å². The van der Waals surface area contributed by atoms with E-state index in [0.717, 1.165) is 23.9 Å². The fourth-order valence-electron chi connectivity index (χ4n) is 7.76. The van der Waals surface area contributed by atoms with Crippen LogP contribution in [0.2, 0.25) is 5.02 Å². The number of nitrogens with zero attached hydrogens (tertiary/aromatic N) is 5. The SMILES string of the molecule is CN1C[C@H](Oc2cccc(S(=O)(=O)F)c2)C[C@H]1COc1nc(N2CC3CCC(C3)C2)c2cnc(-c3cccc4cccc(Cl)c34)c(F)c2n1.O=C(O)C(F)(F)F.O=C(O)C(F)(F)F.O=C(O)C(F)(F)F. The number of halogens is 12. The fourth-order valence-corrected chi connectivity index (χ4v) is 8.54. The van der Waals surface area contributed by atoms with Crippen LogP contribution in [0, 0.1) is 17.7 Å². The normalized spacial score (nSPS) is 19.2. The summed E-state index contributed by atoms with van der Waals surface area (Å²) in [5.41, 5.74) is 0.866. The smallest absolute Gasteiger partial charge is 0.489 e. The van der Waals surface area contributed by atoms with Gasteiger partial charge in [0.15, 0.2) is 5.82 Å². The molecule has 3 aliphatic rings. The topological polar surface area (TPSA) is 210 Å². The average molecular weight is 1050 g/mol. The quantitative estimate of drug-likeness (QED) is 0.0979. The molecule has 0 radical (unpaired) electrons. The number of likely N-dealkylation sites (N-methyl/N-ethyl adjacent to an activating group) is 1. The molecule has 2 bridgehead atoms. The number of aromatic nitrogens is 3. The second kappa shape index (κ2) is 21.7. The molecule has 28 heteroatoms. The second-order valence-corrected chi connectivity index (χ2v) is 17.6. The summed E-state index contributed by atoms with van der Waals surface area (Å²) in [5, 5.41) is 24.0. The monoisotopic (exact) mass is 1050 g/mol. The summed E-state index contributed by atoms with van der Waals surface area (Å²) in [6, 6.07) is 16.6. The molecule has 5 aromatic rings.